The van der Waals surface area contributed by atoms with Gasteiger partial charge >= 0.3 is 0 Å². The maximum absolute atomic E-state index is 12.6. The lowest BCUT2D eigenvalue weighted by atomic mass is 9.98. The van der Waals surface area contributed by atoms with Crippen molar-refractivity contribution >= 4 is 17.5 Å². The molecule has 0 saturated carbocycles. The second kappa shape index (κ2) is 8.10. The standard InChI is InChI=1S/C20H25N5O3/c1-13-21-18(24-23-13)6-7-19(26)25-9-8-14-4-5-16(11-15(14)12-25)22-20(27)17-3-2-10-28-17/h4-5,11,17H,2-3,6-10,12H2,1H3,(H,22,27)(H,21,23,24). The number of carbonyl (C=O) groups is 2. The van der Waals surface area contributed by atoms with Gasteiger partial charge in [0.25, 0.3) is 5.91 Å². The predicted molar refractivity (Wildman–Crippen MR) is 103 cm³/mol. The molecule has 0 aliphatic carbocycles. The van der Waals surface area contributed by atoms with E-state index in [1.54, 1.807) is 0 Å². The SMILES string of the molecule is Cc1nc(CCC(=O)N2CCc3ccc(NC(=O)C4CCCO4)cc3C2)n[nH]1. The number of benzene rings is 1. The summed E-state index contributed by atoms with van der Waals surface area (Å²) in [6, 6.07) is 5.94. The Morgan fingerprint density at radius 3 is 3.00 bits per heavy atom. The summed E-state index contributed by atoms with van der Waals surface area (Å²) in [6.45, 7) is 3.76. The highest BCUT2D eigenvalue weighted by Gasteiger charge is 2.25. The van der Waals surface area contributed by atoms with E-state index in [0.717, 1.165) is 36.3 Å². The molecule has 3 heterocycles. The Morgan fingerprint density at radius 1 is 1.36 bits per heavy atom. The van der Waals surface area contributed by atoms with Crippen molar-refractivity contribution in [1.29, 1.82) is 0 Å². The number of hydrogen-bond donors (Lipinski definition) is 2. The van der Waals surface area contributed by atoms with Crippen LogP contribution in [0.3, 0.4) is 0 Å². The van der Waals surface area contributed by atoms with Gasteiger partial charge in [-0.3, -0.25) is 14.7 Å². The lowest BCUT2D eigenvalue weighted by Crippen LogP contribution is -2.36. The number of nitrogens with one attached hydrogen (secondary N) is 2. The molecule has 148 valence electrons. The zero-order valence-corrected chi connectivity index (χ0v) is 16.0. The molecule has 2 N–H and O–H groups in total. The molecule has 4 rings (SSSR count). The quantitative estimate of drug-likeness (QED) is 0.819. The smallest absolute Gasteiger partial charge is 0.253 e. The van der Waals surface area contributed by atoms with Crippen molar-refractivity contribution in [3.05, 3.63) is 41.0 Å². The van der Waals surface area contributed by atoms with E-state index < -0.39 is 0 Å². The van der Waals surface area contributed by atoms with Crippen molar-refractivity contribution in [3.63, 3.8) is 0 Å². The van der Waals surface area contributed by atoms with E-state index in [2.05, 4.69) is 20.5 Å². The maximum Gasteiger partial charge on any atom is 0.253 e. The third-order valence-corrected chi connectivity index (χ3v) is 5.27. The van der Waals surface area contributed by atoms with Crippen LogP contribution in [-0.4, -0.2) is 51.2 Å². The largest absolute Gasteiger partial charge is 0.368 e. The zero-order chi connectivity index (χ0) is 19.5. The van der Waals surface area contributed by atoms with Gasteiger partial charge in [0.1, 0.15) is 11.9 Å². The molecule has 28 heavy (non-hydrogen) atoms. The van der Waals surface area contributed by atoms with Gasteiger partial charge in [-0.25, -0.2) is 4.98 Å². The number of aryl methyl sites for hydroxylation is 2. The fraction of sp³-hybridized carbons (Fsp3) is 0.500. The summed E-state index contributed by atoms with van der Waals surface area (Å²) in [7, 11) is 0. The number of H-pyrrole nitrogens is 1. The molecule has 8 nitrogen and oxygen atoms in total. The van der Waals surface area contributed by atoms with Crippen molar-refractivity contribution < 1.29 is 14.3 Å². The fourth-order valence-electron chi connectivity index (χ4n) is 3.73. The summed E-state index contributed by atoms with van der Waals surface area (Å²) in [5, 5.41) is 9.82. The Bertz CT molecular complexity index is 872. The molecule has 8 heteroatoms. The second-order valence-electron chi connectivity index (χ2n) is 7.38. The van der Waals surface area contributed by atoms with Crippen molar-refractivity contribution in [2.45, 2.75) is 51.7 Å². The first kappa shape index (κ1) is 18.6. The van der Waals surface area contributed by atoms with Gasteiger partial charge in [-0.1, -0.05) is 6.07 Å². The number of nitrogens with zero attached hydrogens (tertiary/aromatic N) is 3. The van der Waals surface area contributed by atoms with E-state index in [-0.39, 0.29) is 17.9 Å². The second-order valence-corrected chi connectivity index (χ2v) is 7.38. The summed E-state index contributed by atoms with van der Waals surface area (Å²) in [5.41, 5.74) is 3.06. The van der Waals surface area contributed by atoms with Gasteiger partial charge < -0.3 is 15.0 Å². The van der Waals surface area contributed by atoms with Crippen LogP contribution in [0.2, 0.25) is 0 Å². The maximum atomic E-state index is 12.6. The topological polar surface area (TPSA) is 100 Å². The van der Waals surface area contributed by atoms with Crippen LogP contribution in [0.15, 0.2) is 18.2 Å². The fourth-order valence-corrected chi connectivity index (χ4v) is 3.73. The third-order valence-electron chi connectivity index (χ3n) is 5.27. The number of rotatable bonds is 5. The van der Waals surface area contributed by atoms with Crippen LogP contribution in [0.5, 0.6) is 0 Å². The number of carbonyl (C=O) groups excluding carboxylic acids is 2. The van der Waals surface area contributed by atoms with E-state index in [0.29, 0.717) is 38.4 Å². The van der Waals surface area contributed by atoms with Crippen molar-refractivity contribution in [3.8, 4) is 0 Å². The van der Waals surface area contributed by atoms with Crippen LogP contribution in [0.25, 0.3) is 0 Å². The molecule has 1 saturated heterocycles. The number of ether oxygens (including phenoxy) is 1. The van der Waals surface area contributed by atoms with E-state index in [4.69, 9.17) is 4.74 Å². The van der Waals surface area contributed by atoms with Crippen molar-refractivity contribution in [2.75, 3.05) is 18.5 Å². The monoisotopic (exact) mass is 383 g/mol. The molecule has 0 spiro atoms. The Labute approximate surface area is 163 Å². The van der Waals surface area contributed by atoms with Crippen LogP contribution in [0.1, 0.15) is 42.0 Å². The normalized spacial score (nSPS) is 18.8. The first-order valence-electron chi connectivity index (χ1n) is 9.78. The zero-order valence-electron chi connectivity index (χ0n) is 16.0. The summed E-state index contributed by atoms with van der Waals surface area (Å²) >= 11 is 0. The molecule has 1 aromatic heterocycles. The van der Waals surface area contributed by atoms with Crippen LogP contribution in [0.4, 0.5) is 5.69 Å². The molecule has 2 aliphatic heterocycles. The van der Waals surface area contributed by atoms with Crippen molar-refractivity contribution in [1.82, 2.24) is 20.1 Å². The van der Waals surface area contributed by atoms with Gasteiger partial charge in [0.2, 0.25) is 5.91 Å². The Kier molecular flexibility index (Phi) is 5.38. The molecule has 1 atom stereocenters. The lowest BCUT2D eigenvalue weighted by molar-refractivity contribution is -0.132. The third kappa shape index (κ3) is 4.22. The van der Waals surface area contributed by atoms with Gasteiger partial charge in [0.05, 0.1) is 0 Å². The average molecular weight is 383 g/mol. The highest BCUT2D eigenvalue weighted by Crippen LogP contribution is 2.24. The van der Waals surface area contributed by atoms with E-state index in [1.165, 1.54) is 5.56 Å². The molecule has 0 bridgehead atoms. The summed E-state index contributed by atoms with van der Waals surface area (Å²) in [5.74, 6) is 1.43. The van der Waals surface area contributed by atoms with Crippen LogP contribution >= 0.6 is 0 Å². The summed E-state index contributed by atoms with van der Waals surface area (Å²) in [4.78, 5) is 31.0. The first-order valence-corrected chi connectivity index (χ1v) is 9.78. The van der Waals surface area contributed by atoms with Crippen LogP contribution < -0.4 is 5.32 Å². The van der Waals surface area contributed by atoms with E-state index in [9.17, 15) is 9.59 Å². The summed E-state index contributed by atoms with van der Waals surface area (Å²) in [6.07, 6.45) is 3.08. The number of aromatic amines is 1. The molecule has 2 aliphatic rings. The molecule has 1 fully saturated rings. The number of aromatic nitrogens is 3. The van der Waals surface area contributed by atoms with Gasteiger partial charge in [0.15, 0.2) is 5.82 Å². The summed E-state index contributed by atoms with van der Waals surface area (Å²) < 4.78 is 5.44. The average Bonchev–Trinajstić information content (AvgIpc) is 3.37. The van der Waals surface area contributed by atoms with Gasteiger partial charge in [0, 0.05) is 38.2 Å². The van der Waals surface area contributed by atoms with Gasteiger partial charge in [-0.05, 0) is 49.4 Å². The molecule has 0 radical (unpaired) electrons. The molecular weight excluding hydrogens is 358 g/mol. The lowest BCUT2D eigenvalue weighted by Gasteiger charge is -2.29. The molecule has 2 amide bonds. The minimum absolute atomic E-state index is 0.0945. The molecule has 1 aromatic carbocycles. The van der Waals surface area contributed by atoms with Crippen LogP contribution in [0, 0.1) is 6.92 Å². The molecular formula is C20H25N5O3. The minimum Gasteiger partial charge on any atom is -0.368 e. The van der Waals surface area contributed by atoms with Gasteiger partial charge in [-0.2, -0.15) is 5.10 Å². The number of fused-ring (bicyclic) bond motifs is 1. The highest BCUT2D eigenvalue weighted by molar-refractivity contribution is 5.94. The Morgan fingerprint density at radius 2 is 2.25 bits per heavy atom. The van der Waals surface area contributed by atoms with Crippen molar-refractivity contribution in [2.24, 2.45) is 0 Å². The number of hydrogen-bond acceptors (Lipinski definition) is 5. The minimum atomic E-state index is -0.353. The first-order chi connectivity index (χ1) is 13.6. The molecule has 1 unspecified atom stereocenters. The number of amides is 2. The Hall–Kier alpha value is -2.74. The Balaban J connectivity index is 1.36. The van der Waals surface area contributed by atoms with E-state index in [1.807, 2.05) is 30.0 Å². The predicted octanol–water partition coefficient (Wildman–Crippen LogP) is 1.75. The van der Waals surface area contributed by atoms with Crippen LogP contribution in [-0.2, 0) is 33.7 Å². The van der Waals surface area contributed by atoms with Gasteiger partial charge in [-0.15, -0.1) is 0 Å². The van der Waals surface area contributed by atoms with E-state index >= 15 is 0 Å². The number of anilines is 1. The highest BCUT2D eigenvalue weighted by atomic mass is 16.5. The molecule has 2 aromatic rings.